The fourth-order valence-corrected chi connectivity index (χ4v) is 3.88. The lowest BCUT2D eigenvalue weighted by atomic mass is 9.92. The summed E-state index contributed by atoms with van der Waals surface area (Å²) in [5, 5.41) is 10.9. The summed E-state index contributed by atoms with van der Waals surface area (Å²) in [4.78, 5) is 11.9. The maximum absolute atomic E-state index is 5.56. The van der Waals surface area contributed by atoms with Crippen molar-refractivity contribution in [1.29, 1.82) is 0 Å². The first kappa shape index (κ1) is 28.1. The highest BCUT2D eigenvalue weighted by Crippen LogP contribution is 2.20. The number of aryl methyl sites for hydroxylation is 1. The Labute approximate surface area is 205 Å². The number of halogens is 1. The Morgan fingerprint density at radius 1 is 1.13 bits per heavy atom. The maximum atomic E-state index is 5.56. The summed E-state index contributed by atoms with van der Waals surface area (Å²) in [6.45, 7) is 17.0. The van der Waals surface area contributed by atoms with Crippen LogP contribution in [0.25, 0.3) is 0 Å². The number of nitrogens with zero attached hydrogens (tertiary/aromatic N) is 4. The molecule has 1 fully saturated rings. The van der Waals surface area contributed by atoms with E-state index in [0.29, 0.717) is 23.8 Å². The Balaban J connectivity index is 0.00000480. The number of hydrogen-bond donors (Lipinski definition) is 2. The average molecular weight is 551 g/mol. The van der Waals surface area contributed by atoms with Gasteiger partial charge in [0.05, 0.1) is 19.8 Å². The molecule has 0 aromatic carbocycles. The molecule has 1 atom stereocenters. The van der Waals surface area contributed by atoms with E-state index in [1.165, 1.54) is 12.8 Å². The van der Waals surface area contributed by atoms with Gasteiger partial charge in [-0.25, -0.2) is 0 Å². The lowest BCUT2D eigenvalue weighted by molar-refractivity contribution is 0.00395. The fourth-order valence-electron chi connectivity index (χ4n) is 3.88. The molecule has 1 aliphatic heterocycles. The fraction of sp³-hybridized carbons (Fsp3) is 0.864. The molecule has 2 N–H and O–H groups in total. The molecule has 0 spiro atoms. The van der Waals surface area contributed by atoms with Crippen LogP contribution in [0.5, 0.6) is 0 Å². The molecule has 1 unspecified atom stereocenters. The Bertz CT molecular complexity index is 615. The van der Waals surface area contributed by atoms with Gasteiger partial charge in [-0.1, -0.05) is 45.7 Å². The lowest BCUT2D eigenvalue weighted by Crippen LogP contribution is -2.49. The molecule has 8 nitrogen and oxygen atoms in total. The van der Waals surface area contributed by atoms with Crippen LogP contribution in [0.15, 0.2) is 9.52 Å². The van der Waals surface area contributed by atoms with E-state index in [1.54, 1.807) is 0 Å². The smallest absolute Gasteiger partial charge is 0.226 e. The van der Waals surface area contributed by atoms with Crippen LogP contribution >= 0.6 is 24.0 Å². The minimum absolute atomic E-state index is 0. The van der Waals surface area contributed by atoms with E-state index in [1.807, 2.05) is 0 Å². The van der Waals surface area contributed by atoms with Crippen LogP contribution in [0.1, 0.15) is 71.5 Å². The molecule has 2 heterocycles. The quantitative estimate of drug-likeness (QED) is 0.179. The first-order valence-corrected chi connectivity index (χ1v) is 11.7. The summed E-state index contributed by atoms with van der Waals surface area (Å²) in [5.41, 5.74) is 0. The number of aliphatic imine (C=N–C) groups is 1. The minimum Gasteiger partial charge on any atom is -0.379 e. The third-order valence-electron chi connectivity index (χ3n) is 5.75. The number of hydrogen-bond acceptors (Lipinski definition) is 6. The van der Waals surface area contributed by atoms with E-state index in [2.05, 4.69) is 60.3 Å². The molecule has 1 saturated heterocycles. The predicted octanol–water partition coefficient (Wildman–Crippen LogP) is 3.44. The molecule has 1 aromatic rings. The third kappa shape index (κ3) is 9.61. The predicted molar refractivity (Wildman–Crippen MR) is 136 cm³/mol. The standard InChI is InChI=1S/C22H42N6O2.HI/c1-6-18(7-2)19(28-12-14-29-15-13-28)16-25-22(23-8-3)24-11-9-10-20-26-21(17(4)5)27-30-20;/h17-19H,6-16H2,1-5H3,(H2,23,24,25);1H. The highest BCUT2D eigenvalue weighted by atomic mass is 127. The number of guanidine groups is 1. The summed E-state index contributed by atoms with van der Waals surface area (Å²) in [7, 11) is 0. The first-order valence-electron chi connectivity index (χ1n) is 11.7. The van der Waals surface area contributed by atoms with Gasteiger partial charge in [0.15, 0.2) is 11.8 Å². The lowest BCUT2D eigenvalue weighted by Gasteiger charge is -2.38. The highest BCUT2D eigenvalue weighted by Gasteiger charge is 2.26. The van der Waals surface area contributed by atoms with Gasteiger partial charge in [0, 0.05) is 44.6 Å². The second-order valence-corrected chi connectivity index (χ2v) is 8.24. The van der Waals surface area contributed by atoms with Gasteiger partial charge in [-0.3, -0.25) is 9.89 Å². The van der Waals surface area contributed by atoms with Crippen molar-refractivity contribution < 1.29 is 9.26 Å². The Kier molecular flexibility index (Phi) is 14.3. The van der Waals surface area contributed by atoms with Crippen molar-refractivity contribution in [2.45, 2.75) is 72.3 Å². The van der Waals surface area contributed by atoms with Crippen LogP contribution in [-0.4, -0.2) is 73.0 Å². The molecule has 9 heteroatoms. The molecule has 2 rings (SSSR count). The molecule has 31 heavy (non-hydrogen) atoms. The van der Waals surface area contributed by atoms with Crippen LogP contribution < -0.4 is 10.6 Å². The molecule has 0 aliphatic carbocycles. The molecular formula is C22H43IN6O2. The van der Waals surface area contributed by atoms with Gasteiger partial charge in [0.25, 0.3) is 0 Å². The molecule has 0 amide bonds. The Hall–Kier alpha value is -0.940. The van der Waals surface area contributed by atoms with Crippen LogP contribution in [0.3, 0.4) is 0 Å². The van der Waals surface area contributed by atoms with Gasteiger partial charge < -0.3 is 19.9 Å². The van der Waals surface area contributed by atoms with Gasteiger partial charge in [0.2, 0.25) is 5.89 Å². The molecule has 0 saturated carbocycles. The SMILES string of the molecule is CCNC(=NCC(C(CC)CC)N1CCOCC1)NCCCc1nc(C(C)C)no1.I. The molecule has 0 radical (unpaired) electrons. The number of morpholine rings is 1. The molecule has 1 aliphatic rings. The van der Waals surface area contributed by atoms with Crippen LogP contribution in [0.4, 0.5) is 0 Å². The van der Waals surface area contributed by atoms with Crippen molar-refractivity contribution in [3.63, 3.8) is 0 Å². The van der Waals surface area contributed by atoms with Crippen molar-refractivity contribution >= 4 is 29.9 Å². The normalized spacial score (nSPS) is 16.4. The minimum atomic E-state index is 0. The largest absolute Gasteiger partial charge is 0.379 e. The van der Waals surface area contributed by atoms with Crippen molar-refractivity contribution in [3.8, 4) is 0 Å². The van der Waals surface area contributed by atoms with E-state index in [-0.39, 0.29) is 24.0 Å². The maximum Gasteiger partial charge on any atom is 0.226 e. The van der Waals surface area contributed by atoms with E-state index in [4.69, 9.17) is 14.3 Å². The Morgan fingerprint density at radius 2 is 1.84 bits per heavy atom. The summed E-state index contributed by atoms with van der Waals surface area (Å²) in [6, 6.07) is 0.465. The molecular weight excluding hydrogens is 507 g/mol. The zero-order valence-electron chi connectivity index (χ0n) is 20.0. The number of aromatic nitrogens is 2. The van der Waals surface area contributed by atoms with Crippen molar-refractivity contribution in [2.24, 2.45) is 10.9 Å². The second kappa shape index (κ2) is 15.8. The van der Waals surface area contributed by atoms with E-state index < -0.39 is 0 Å². The molecule has 0 bridgehead atoms. The summed E-state index contributed by atoms with van der Waals surface area (Å²) in [6.07, 6.45) is 4.06. The second-order valence-electron chi connectivity index (χ2n) is 8.24. The monoisotopic (exact) mass is 550 g/mol. The molecule has 1 aromatic heterocycles. The summed E-state index contributed by atoms with van der Waals surface area (Å²) < 4.78 is 10.9. The summed E-state index contributed by atoms with van der Waals surface area (Å²) in [5.74, 6) is 3.33. The summed E-state index contributed by atoms with van der Waals surface area (Å²) >= 11 is 0. The highest BCUT2D eigenvalue weighted by molar-refractivity contribution is 14.0. The number of nitrogens with one attached hydrogen (secondary N) is 2. The topological polar surface area (TPSA) is 87.8 Å². The van der Waals surface area contributed by atoms with Gasteiger partial charge in [-0.15, -0.1) is 24.0 Å². The third-order valence-corrected chi connectivity index (χ3v) is 5.75. The Morgan fingerprint density at radius 3 is 2.42 bits per heavy atom. The van der Waals surface area contributed by atoms with Gasteiger partial charge >= 0.3 is 0 Å². The van der Waals surface area contributed by atoms with Crippen LogP contribution in [0, 0.1) is 5.92 Å². The van der Waals surface area contributed by atoms with Gasteiger partial charge in [0.1, 0.15) is 0 Å². The van der Waals surface area contributed by atoms with E-state index in [0.717, 1.165) is 70.6 Å². The number of ether oxygens (including phenoxy) is 1. The van der Waals surface area contributed by atoms with Gasteiger partial charge in [-0.2, -0.15) is 4.98 Å². The molecule has 180 valence electrons. The first-order chi connectivity index (χ1) is 14.6. The van der Waals surface area contributed by atoms with Gasteiger partial charge in [-0.05, 0) is 19.3 Å². The zero-order chi connectivity index (χ0) is 21.8. The van der Waals surface area contributed by atoms with Crippen molar-refractivity contribution in [3.05, 3.63) is 11.7 Å². The zero-order valence-corrected chi connectivity index (χ0v) is 22.4. The van der Waals surface area contributed by atoms with Crippen LogP contribution in [-0.2, 0) is 11.2 Å². The van der Waals surface area contributed by atoms with E-state index in [9.17, 15) is 0 Å². The van der Waals surface area contributed by atoms with Crippen molar-refractivity contribution in [1.82, 2.24) is 25.7 Å². The van der Waals surface area contributed by atoms with E-state index >= 15 is 0 Å². The van der Waals surface area contributed by atoms with Crippen molar-refractivity contribution in [2.75, 3.05) is 45.9 Å². The van der Waals surface area contributed by atoms with Crippen LogP contribution in [0.2, 0.25) is 0 Å². The number of rotatable bonds is 12. The average Bonchev–Trinajstić information content (AvgIpc) is 3.24.